The third kappa shape index (κ3) is 3.58. The average Bonchev–Trinajstić information content (AvgIpc) is 2.30. The number of nitrogens with one attached hydrogen (secondary N) is 1. The van der Waals surface area contributed by atoms with Crippen LogP contribution >= 0.6 is 0 Å². The van der Waals surface area contributed by atoms with Gasteiger partial charge in [0.2, 0.25) is 0 Å². The van der Waals surface area contributed by atoms with Crippen molar-refractivity contribution < 1.29 is 9.13 Å². The first kappa shape index (κ1) is 13.1. The molecule has 0 heterocycles. The molecule has 2 nitrogen and oxygen atoms in total. The molecule has 1 N–H and O–H groups in total. The van der Waals surface area contributed by atoms with Gasteiger partial charge in [0.1, 0.15) is 5.82 Å². The summed E-state index contributed by atoms with van der Waals surface area (Å²) in [6, 6.07) is 6.92. The summed E-state index contributed by atoms with van der Waals surface area (Å²) >= 11 is 0. The maximum Gasteiger partial charge on any atom is 0.123 e. The van der Waals surface area contributed by atoms with Crippen molar-refractivity contribution in [2.45, 2.75) is 19.4 Å². The van der Waals surface area contributed by atoms with Crippen LogP contribution in [0.25, 0.3) is 0 Å². The first-order chi connectivity index (χ1) is 7.69. The van der Waals surface area contributed by atoms with Crippen LogP contribution in [0.3, 0.4) is 0 Å². The van der Waals surface area contributed by atoms with E-state index in [1.165, 1.54) is 12.1 Å². The second-order valence-corrected chi connectivity index (χ2v) is 4.08. The zero-order chi connectivity index (χ0) is 12.0. The van der Waals surface area contributed by atoms with Crippen LogP contribution in [-0.4, -0.2) is 20.8 Å². The molecule has 1 rings (SSSR count). The fourth-order valence-electron chi connectivity index (χ4n) is 1.92. The second-order valence-electron chi connectivity index (χ2n) is 4.08. The summed E-state index contributed by atoms with van der Waals surface area (Å²) in [6.07, 6.45) is 0.985. The van der Waals surface area contributed by atoms with Crippen molar-refractivity contribution in [3.05, 3.63) is 35.6 Å². The molecule has 1 aromatic carbocycles. The van der Waals surface area contributed by atoms with E-state index in [1.54, 1.807) is 7.11 Å². The van der Waals surface area contributed by atoms with Crippen LogP contribution in [0.5, 0.6) is 0 Å². The maximum atomic E-state index is 12.8. The van der Waals surface area contributed by atoms with E-state index in [0.29, 0.717) is 5.92 Å². The van der Waals surface area contributed by atoms with E-state index < -0.39 is 0 Å². The van der Waals surface area contributed by atoms with Crippen molar-refractivity contribution in [1.82, 2.24) is 5.32 Å². The lowest BCUT2D eigenvalue weighted by Crippen LogP contribution is -2.24. The SMILES string of the molecule is CNC(c1ccc(F)cc1)C(C)CCOC. The zero-order valence-electron chi connectivity index (χ0n) is 10.2. The molecule has 0 aliphatic carbocycles. The molecular formula is C13H20FNO. The van der Waals surface area contributed by atoms with Gasteiger partial charge in [-0.1, -0.05) is 19.1 Å². The Morgan fingerprint density at radius 1 is 1.31 bits per heavy atom. The van der Waals surface area contributed by atoms with Gasteiger partial charge in [0.05, 0.1) is 0 Å². The molecule has 0 saturated heterocycles. The summed E-state index contributed by atoms with van der Waals surface area (Å²) in [6.45, 7) is 2.92. The van der Waals surface area contributed by atoms with E-state index in [4.69, 9.17) is 4.74 Å². The van der Waals surface area contributed by atoms with Gasteiger partial charge in [-0.15, -0.1) is 0 Å². The number of rotatable bonds is 6. The minimum absolute atomic E-state index is 0.192. The standard InChI is InChI=1S/C13H20FNO/c1-10(8-9-16-3)13(15-2)11-4-6-12(14)7-5-11/h4-7,10,13,15H,8-9H2,1-3H3. The van der Waals surface area contributed by atoms with Crippen molar-refractivity contribution in [3.63, 3.8) is 0 Å². The lowest BCUT2D eigenvalue weighted by Gasteiger charge is -2.23. The molecule has 1 aromatic rings. The molecule has 0 saturated carbocycles. The first-order valence-corrected chi connectivity index (χ1v) is 5.60. The second kappa shape index (κ2) is 6.61. The molecule has 0 fully saturated rings. The molecule has 2 atom stereocenters. The van der Waals surface area contributed by atoms with E-state index >= 15 is 0 Å². The number of benzene rings is 1. The van der Waals surface area contributed by atoms with Gasteiger partial charge in [-0.3, -0.25) is 0 Å². The lowest BCUT2D eigenvalue weighted by atomic mass is 9.92. The molecule has 16 heavy (non-hydrogen) atoms. The van der Waals surface area contributed by atoms with Gasteiger partial charge in [0.25, 0.3) is 0 Å². The third-order valence-corrected chi connectivity index (χ3v) is 2.89. The number of hydrogen-bond acceptors (Lipinski definition) is 2. The Morgan fingerprint density at radius 2 is 1.94 bits per heavy atom. The van der Waals surface area contributed by atoms with Gasteiger partial charge in [-0.05, 0) is 37.1 Å². The van der Waals surface area contributed by atoms with Crippen LogP contribution in [0.1, 0.15) is 24.9 Å². The van der Waals surface area contributed by atoms with Gasteiger partial charge >= 0.3 is 0 Å². The fourth-order valence-corrected chi connectivity index (χ4v) is 1.92. The summed E-state index contributed by atoms with van der Waals surface area (Å²) in [5.41, 5.74) is 1.12. The third-order valence-electron chi connectivity index (χ3n) is 2.89. The normalized spacial score (nSPS) is 14.8. The minimum atomic E-state index is -0.192. The average molecular weight is 225 g/mol. The molecule has 0 aliphatic rings. The summed E-state index contributed by atoms with van der Waals surface area (Å²) in [4.78, 5) is 0. The van der Waals surface area contributed by atoms with E-state index in [0.717, 1.165) is 18.6 Å². The van der Waals surface area contributed by atoms with Crippen LogP contribution < -0.4 is 5.32 Å². The molecule has 0 aromatic heterocycles. The van der Waals surface area contributed by atoms with Crippen LogP contribution in [-0.2, 0) is 4.74 Å². The van der Waals surface area contributed by atoms with Crippen LogP contribution in [0.15, 0.2) is 24.3 Å². The van der Waals surface area contributed by atoms with Crippen molar-refractivity contribution in [2.24, 2.45) is 5.92 Å². The molecule has 3 heteroatoms. The van der Waals surface area contributed by atoms with Crippen molar-refractivity contribution in [3.8, 4) is 0 Å². The summed E-state index contributed by atoms with van der Waals surface area (Å²) < 4.78 is 17.9. The Hall–Kier alpha value is -0.930. The molecular weight excluding hydrogens is 205 g/mol. The van der Waals surface area contributed by atoms with E-state index in [2.05, 4.69) is 12.2 Å². The molecule has 0 bridgehead atoms. The Labute approximate surface area is 96.8 Å². The number of ether oxygens (including phenoxy) is 1. The smallest absolute Gasteiger partial charge is 0.123 e. The predicted octanol–water partition coefficient (Wildman–Crippen LogP) is 2.76. The Morgan fingerprint density at radius 3 is 2.44 bits per heavy atom. The number of methoxy groups -OCH3 is 1. The summed E-state index contributed by atoms with van der Waals surface area (Å²) in [7, 11) is 3.64. The highest BCUT2D eigenvalue weighted by Gasteiger charge is 2.16. The van der Waals surface area contributed by atoms with Crippen molar-refractivity contribution in [2.75, 3.05) is 20.8 Å². The molecule has 0 radical (unpaired) electrons. The zero-order valence-corrected chi connectivity index (χ0v) is 10.2. The summed E-state index contributed by atoms with van der Waals surface area (Å²) in [5.74, 6) is 0.263. The molecule has 0 spiro atoms. The van der Waals surface area contributed by atoms with E-state index in [1.807, 2.05) is 19.2 Å². The maximum absolute atomic E-state index is 12.8. The van der Waals surface area contributed by atoms with Gasteiger partial charge in [-0.2, -0.15) is 0 Å². The molecule has 2 unspecified atom stereocenters. The fraction of sp³-hybridized carbons (Fsp3) is 0.538. The molecule has 0 aliphatic heterocycles. The largest absolute Gasteiger partial charge is 0.385 e. The van der Waals surface area contributed by atoms with Crippen molar-refractivity contribution >= 4 is 0 Å². The molecule has 0 amide bonds. The highest BCUT2D eigenvalue weighted by molar-refractivity contribution is 5.20. The highest BCUT2D eigenvalue weighted by Crippen LogP contribution is 2.24. The first-order valence-electron chi connectivity index (χ1n) is 5.60. The van der Waals surface area contributed by atoms with Crippen LogP contribution in [0.2, 0.25) is 0 Å². The van der Waals surface area contributed by atoms with Gasteiger partial charge in [0.15, 0.2) is 0 Å². The quantitative estimate of drug-likeness (QED) is 0.803. The Kier molecular flexibility index (Phi) is 5.43. The topological polar surface area (TPSA) is 21.3 Å². The lowest BCUT2D eigenvalue weighted by molar-refractivity contribution is 0.171. The molecule has 90 valence electrons. The number of halogens is 1. The summed E-state index contributed by atoms with van der Waals surface area (Å²) in [5, 5.41) is 3.27. The van der Waals surface area contributed by atoms with Crippen LogP contribution in [0, 0.1) is 11.7 Å². The van der Waals surface area contributed by atoms with Gasteiger partial charge in [0, 0.05) is 19.8 Å². The van der Waals surface area contributed by atoms with Gasteiger partial charge in [-0.25, -0.2) is 4.39 Å². The number of hydrogen-bond donors (Lipinski definition) is 1. The van der Waals surface area contributed by atoms with E-state index in [-0.39, 0.29) is 11.9 Å². The monoisotopic (exact) mass is 225 g/mol. The Bertz CT molecular complexity index is 299. The van der Waals surface area contributed by atoms with Gasteiger partial charge < -0.3 is 10.1 Å². The van der Waals surface area contributed by atoms with Crippen molar-refractivity contribution in [1.29, 1.82) is 0 Å². The minimum Gasteiger partial charge on any atom is -0.385 e. The van der Waals surface area contributed by atoms with Crippen LogP contribution in [0.4, 0.5) is 4.39 Å². The predicted molar refractivity (Wildman–Crippen MR) is 63.9 cm³/mol. The Balaban J connectivity index is 2.69. The highest BCUT2D eigenvalue weighted by atomic mass is 19.1. The van der Waals surface area contributed by atoms with E-state index in [9.17, 15) is 4.39 Å².